The minimum atomic E-state index is -0.754. The minimum absolute atomic E-state index is 0.0425. The molecular weight excluding hydrogens is 420 g/mol. The Labute approximate surface area is 185 Å². The second-order valence-corrected chi connectivity index (χ2v) is 7.24. The average molecular weight is 445 g/mol. The lowest BCUT2D eigenvalue weighted by Gasteiger charge is -2.29. The highest BCUT2D eigenvalue weighted by molar-refractivity contribution is 6.34. The number of nitrogens with two attached hydrogens (primary N) is 1. The normalized spacial score (nSPS) is 11.4. The summed E-state index contributed by atoms with van der Waals surface area (Å²) in [5.41, 5.74) is 8.45. The van der Waals surface area contributed by atoms with Gasteiger partial charge in [-0.3, -0.25) is 24.6 Å². The Hall–Kier alpha value is -3.39. The molecule has 4 amide bonds. The Morgan fingerprint density at radius 1 is 1.00 bits per heavy atom. The van der Waals surface area contributed by atoms with Crippen molar-refractivity contribution in [3.8, 4) is 0 Å². The SMILES string of the molecule is CCNC(=O)c1ccc(C(=O)N(NC(=O)c2ccccc2C(N)=O)C(C)CC)c(Cl)c1. The van der Waals surface area contributed by atoms with Gasteiger partial charge in [0.15, 0.2) is 0 Å². The molecule has 31 heavy (non-hydrogen) atoms. The number of carbonyl (C=O) groups excluding carboxylic acids is 4. The van der Waals surface area contributed by atoms with Crippen molar-refractivity contribution < 1.29 is 19.2 Å². The van der Waals surface area contributed by atoms with Crippen LogP contribution >= 0.6 is 11.6 Å². The van der Waals surface area contributed by atoms with Gasteiger partial charge in [-0.15, -0.1) is 0 Å². The Morgan fingerprint density at radius 3 is 2.19 bits per heavy atom. The summed E-state index contributed by atoms with van der Waals surface area (Å²) in [6.45, 7) is 5.86. The highest BCUT2D eigenvalue weighted by Crippen LogP contribution is 2.21. The molecule has 1 unspecified atom stereocenters. The van der Waals surface area contributed by atoms with Crippen LogP contribution in [0.4, 0.5) is 0 Å². The van der Waals surface area contributed by atoms with Crippen LogP contribution in [-0.4, -0.2) is 41.2 Å². The van der Waals surface area contributed by atoms with E-state index < -0.39 is 17.7 Å². The molecule has 0 aromatic heterocycles. The van der Waals surface area contributed by atoms with Gasteiger partial charge >= 0.3 is 0 Å². The fourth-order valence-corrected chi connectivity index (χ4v) is 3.09. The van der Waals surface area contributed by atoms with Gasteiger partial charge in [0.25, 0.3) is 17.7 Å². The molecule has 0 aliphatic heterocycles. The van der Waals surface area contributed by atoms with E-state index in [0.29, 0.717) is 18.5 Å². The van der Waals surface area contributed by atoms with E-state index in [2.05, 4.69) is 10.7 Å². The van der Waals surface area contributed by atoms with Crippen LogP contribution in [-0.2, 0) is 0 Å². The lowest BCUT2D eigenvalue weighted by molar-refractivity contribution is 0.0493. The number of hydrazine groups is 1. The quantitative estimate of drug-likeness (QED) is 0.568. The van der Waals surface area contributed by atoms with Gasteiger partial charge < -0.3 is 11.1 Å². The minimum Gasteiger partial charge on any atom is -0.366 e. The van der Waals surface area contributed by atoms with Gasteiger partial charge in [-0.05, 0) is 50.6 Å². The zero-order valence-corrected chi connectivity index (χ0v) is 18.3. The third kappa shape index (κ3) is 5.61. The summed E-state index contributed by atoms with van der Waals surface area (Å²) in [5.74, 6) is -2.26. The Kier molecular flexibility index (Phi) is 8.15. The Balaban J connectivity index is 2.35. The van der Waals surface area contributed by atoms with E-state index in [1.165, 1.54) is 30.3 Å². The first-order valence-electron chi connectivity index (χ1n) is 9.82. The van der Waals surface area contributed by atoms with E-state index in [9.17, 15) is 19.2 Å². The molecule has 164 valence electrons. The summed E-state index contributed by atoms with van der Waals surface area (Å²) in [5, 5.41) is 3.90. The number of halogens is 1. The van der Waals surface area contributed by atoms with Gasteiger partial charge in [-0.25, -0.2) is 5.01 Å². The summed E-state index contributed by atoms with van der Waals surface area (Å²) in [7, 11) is 0. The molecule has 8 nitrogen and oxygen atoms in total. The number of nitrogens with zero attached hydrogens (tertiary/aromatic N) is 1. The number of benzene rings is 2. The molecule has 0 aliphatic rings. The smallest absolute Gasteiger partial charge is 0.274 e. The molecule has 0 saturated heterocycles. The number of rotatable bonds is 7. The summed E-state index contributed by atoms with van der Waals surface area (Å²) in [6, 6.07) is 10.0. The van der Waals surface area contributed by atoms with Crippen molar-refractivity contribution in [3.05, 3.63) is 69.7 Å². The predicted octanol–water partition coefficient (Wildman–Crippen LogP) is 2.77. The van der Waals surface area contributed by atoms with Crippen molar-refractivity contribution in [1.82, 2.24) is 15.8 Å². The molecule has 0 saturated carbocycles. The summed E-state index contributed by atoms with van der Waals surface area (Å²) < 4.78 is 0. The van der Waals surface area contributed by atoms with E-state index in [0.717, 1.165) is 5.01 Å². The highest BCUT2D eigenvalue weighted by Gasteiger charge is 2.26. The number of hydrogen-bond acceptors (Lipinski definition) is 4. The van der Waals surface area contributed by atoms with Gasteiger partial charge in [0.2, 0.25) is 5.91 Å². The van der Waals surface area contributed by atoms with Gasteiger partial charge in [0, 0.05) is 12.1 Å². The first-order valence-corrected chi connectivity index (χ1v) is 10.2. The molecule has 0 spiro atoms. The van der Waals surface area contributed by atoms with Crippen LogP contribution in [0.5, 0.6) is 0 Å². The Morgan fingerprint density at radius 2 is 1.65 bits per heavy atom. The first-order chi connectivity index (χ1) is 14.7. The fraction of sp³-hybridized carbons (Fsp3) is 0.273. The molecule has 2 aromatic carbocycles. The second kappa shape index (κ2) is 10.6. The van der Waals surface area contributed by atoms with Crippen molar-refractivity contribution in [2.24, 2.45) is 5.73 Å². The topological polar surface area (TPSA) is 122 Å². The van der Waals surface area contributed by atoms with Crippen LogP contribution in [0.2, 0.25) is 5.02 Å². The van der Waals surface area contributed by atoms with Crippen LogP contribution in [0.1, 0.15) is 68.6 Å². The summed E-state index contributed by atoms with van der Waals surface area (Å²) in [6.07, 6.45) is 0.540. The van der Waals surface area contributed by atoms with Crippen molar-refractivity contribution in [1.29, 1.82) is 0 Å². The summed E-state index contributed by atoms with van der Waals surface area (Å²) in [4.78, 5) is 49.7. The number of primary amides is 1. The molecule has 0 bridgehead atoms. The molecule has 0 fully saturated rings. The van der Waals surface area contributed by atoms with Crippen LogP contribution in [0.3, 0.4) is 0 Å². The molecule has 0 heterocycles. The fourth-order valence-electron chi connectivity index (χ4n) is 2.83. The molecule has 0 aliphatic carbocycles. The number of nitrogens with one attached hydrogen (secondary N) is 2. The van der Waals surface area contributed by atoms with Gasteiger partial charge in [-0.1, -0.05) is 30.7 Å². The third-order valence-electron chi connectivity index (χ3n) is 4.71. The maximum absolute atomic E-state index is 13.2. The average Bonchev–Trinajstić information content (AvgIpc) is 2.76. The zero-order chi connectivity index (χ0) is 23.1. The van der Waals surface area contributed by atoms with Gasteiger partial charge in [-0.2, -0.15) is 0 Å². The van der Waals surface area contributed by atoms with Gasteiger partial charge in [0.1, 0.15) is 0 Å². The summed E-state index contributed by atoms with van der Waals surface area (Å²) >= 11 is 6.28. The predicted molar refractivity (Wildman–Crippen MR) is 118 cm³/mol. The first kappa shape index (κ1) is 23.9. The van der Waals surface area contributed by atoms with Crippen molar-refractivity contribution >= 4 is 35.2 Å². The van der Waals surface area contributed by atoms with Crippen LogP contribution in [0, 0.1) is 0 Å². The molecule has 1 atom stereocenters. The lowest BCUT2D eigenvalue weighted by atomic mass is 10.1. The van der Waals surface area contributed by atoms with Crippen molar-refractivity contribution in [2.75, 3.05) is 6.54 Å². The second-order valence-electron chi connectivity index (χ2n) is 6.84. The van der Waals surface area contributed by atoms with Crippen molar-refractivity contribution in [3.63, 3.8) is 0 Å². The number of carbonyl (C=O) groups is 4. The maximum atomic E-state index is 13.2. The molecule has 0 radical (unpaired) electrons. The highest BCUT2D eigenvalue weighted by atomic mass is 35.5. The number of hydrogen-bond donors (Lipinski definition) is 3. The van der Waals surface area contributed by atoms with Crippen LogP contribution in [0.15, 0.2) is 42.5 Å². The largest absolute Gasteiger partial charge is 0.366 e. The van der Waals surface area contributed by atoms with Crippen LogP contribution in [0.25, 0.3) is 0 Å². The van der Waals surface area contributed by atoms with Crippen molar-refractivity contribution in [2.45, 2.75) is 33.2 Å². The Bertz CT molecular complexity index is 1010. The lowest BCUT2D eigenvalue weighted by Crippen LogP contribution is -2.51. The molecule has 9 heteroatoms. The van der Waals surface area contributed by atoms with E-state index in [-0.39, 0.29) is 33.7 Å². The van der Waals surface area contributed by atoms with Gasteiger partial charge in [0.05, 0.1) is 27.8 Å². The van der Waals surface area contributed by atoms with E-state index in [4.69, 9.17) is 17.3 Å². The van der Waals surface area contributed by atoms with E-state index in [1.54, 1.807) is 26.0 Å². The third-order valence-corrected chi connectivity index (χ3v) is 5.02. The molecular formula is C22H25ClN4O4. The molecule has 2 aromatic rings. The number of amides is 4. The zero-order valence-electron chi connectivity index (χ0n) is 17.6. The van der Waals surface area contributed by atoms with E-state index in [1.807, 2.05) is 6.92 Å². The van der Waals surface area contributed by atoms with E-state index >= 15 is 0 Å². The maximum Gasteiger partial charge on any atom is 0.274 e. The molecule has 4 N–H and O–H groups in total. The van der Waals surface area contributed by atoms with Crippen LogP contribution < -0.4 is 16.5 Å². The monoisotopic (exact) mass is 444 g/mol. The standard InChI is InChI=1S/C22H25ClN4O4/c1-4-13(3)27(26-21(30)16-9-7-6-8-15(16)19(24)28)22(31)17-11-10-14(12-18(17)23)20(29)25-5-2/h6-13H,4-5H2,1-3H3,(H2,24,28)(H,25,29)(H,26,30). The molecule has 2 rings (SSSR count).